The topological polar surface area (TPSA) is 38.1 Å². The van der Waals surface area contributed by atoms with Crippen molar-refractivity contribution in [2.75, 3.05) is 7.05 Å². The van der Waals surface area contributed by atoms with E-state index < -0.39 is 11.7 Å². The Morgan fingerprint density at radius 3 is 2.74 bits per heavy atom. The van der Waals surface area contributed by atoms with E-state index in [0.717, 1.165) is 12.1 Å². The van der Waals surface area contributed by atoms with Crippen molar-refractivity contribution >= 4 is 15.9 Å². The molecule has 3 nitrogen and oxygen atoms in total. The molecule has 0 spiro atoms. The number of hydrogen-bond acceptors (Lipinski definition) is 3. The third kappa shape index (κ3) is 3.16. The average Bonchev–Trinajstić information content (AvgIpc) is 2.77. The number of aromatic nitrogens is 1. The van der Waals surface area contributed by atoms with Crippen molar-refractivity contribution in [1.82, 2.24) is 10.3 Å². The number of nitrogens with zero attached hydrogens (tertiary/aromatic N) is 1. The zero-order valence-corrected chi connectivity index (χ0v) is 11.5. The highest BCUT2D eigenvalue weighted by molar-refractivity contribution is 9.10. The zero-order valence-electron chi connectivity index (χ0n) is 9.88. The predicted octanol–water partition coefficient (Wildman–Crippen LogP) is 3.84. The minimum absolute atomic E-state index is 0.156. The Bertz CT molecular complexity index is 581. The maximum Gasteiger partial charge on any atom is 0.416 e. The van der Waals surface area contributed by atoms with Crippen molar-refractivity contribution in [3.8, 4) is 11.5 Å². The van der Waals surface area contributed by atoms with E-state index in [-0.39, 0.29) is 11.5 Å². The Balaban J connectivity index is 2.42. The van der Waals surface area contributed by atoms with Gasteiger partial charge in [0.15, 0.2) is 0 Å². The van der Waals surface area contributed by atoms with Gasteiger partial charge in [0.05, 0.1) is 16.8 Å². The lowest BCUT2D eigenvalue weighted by Crippen LogP contribution is -2.05. The standard InChI is InChI=1S/C12H10BrF3N2O/c1-17-5-8-6-19-11(18-8)9-4-7(12(14,15)16)2-3-10(9)13/h2-4,6,17H,5H2,1H3. The molecular formula is C12H10BrF3N2O. The van der Waals surface area contributed by atoms with Gasteiger partial charge in [0.25, 0.3) is 0 Å². The van der Waals surface area contributed by atoms with Crippen molar-refractivity contribution < 1.29 is 17.6 Å². The van der Waals surface area contributed by atoms with Crippen molar-refractivity contribution in [3.05, 3.63) is 40.2 Å². The zero-order chi connectivity index (χ0) is 14.0. The van der Waals surface area contributed by atoms with Gasteiger partial charge < -0.3 is 9.73 Å². The van der Waals surface area contributed by atoms with Crippen LogP contribution in [0.4, 0.5) is 13.2 Å². The molecule has 0 atom stereocenters. The second-order valence-corrected chi connectivity index (χ2v) is 4.72. The number of nitrogens with one attached hydrogen (secondary N) is 1. The first kappa shape index (κ1) is 14.1. The minimum Gasteiger partial charge on any atom is -0.444 e. The molecule has 0 aliphatic carbocycles. The lowest BCUT2D eigenvalue weighted by molar-refractivity contribution is -0.137. The van der Waals surface area contributed by atoms with Crippen LogP contribution in [0.1, 0.15) is 11.3 Å². The summed E-state index contributed by atoms with van der Waals surface area (Å²) in [7, 11) is 1.74. The van der Waals surface area contributed by atoms with E-state index in [4.69, 9.17) is 4.42 Å². The third-order valence-corrected chi connectivity index (χ3v) is 3.13. The highest BCUT2D eigenvalue weighted by Crippen LogP contribution is 2.35. The number of halogens is 4. The van der Waals surface area contributed by atoms with E-state index in [1.165, 1.54) is 12.3 Å². The van der Waals surface area contributed by atoms with Crippen LogP contribution in [-0.4, -0.2) is 12.0 Å². The van der Waals surface area contributed by atoms with Gasteiger partial charge in [-0.1, -0.05) is 0 Å². The molecule has 0 aliphatic rings. The quantitative estimate of drug-likeness (QED) is 0.926. The van der Waals surface area contributed by atoms with Gasteiger partial charge in [0, 0.05) is 11.0 Å². The second-order valence-electron chi connectivity index (χ2n) is 3.87. The van der Waals surface area contributed by atoms with Crippen LogP contribution in [0.15, 0.2) is 33.4 Å². The largest absolute Gasteiger partial charge is 0.444 e. The van der Waals surface area contributed by atoms with Gasteiger partial charge in [-0.25, -0.2) is 4.98 Å². The van der Waals surface area contributed by atoms with Crippen LogP contribution in [0.5, 0.6) is 0 Å². The molecule has 0 fully saturated rings. The number of oxazole rings is 1. The van der Waals surface area contributed by atoms with Gasteiger partial charge in [0.2, 0.25) is 5.89 Å². The van der Waals surface area contributed by atoms with Crippen LogP contribution in [0, 0.1) is 0 Å². The molecule has 1 aromatic carbocycles. The van der Waals surface area contributed by atoms with Gasteiger partial charge in [-0.2, -0.15) is 13.2 Å². The highest BCUT2D eigenvalue weighted by atomic mass is 79.9. The SMILES string of the molecule is CNCc1coc(-c2cc(C(F)(F)F)ccc2Br)n1. The second kappa shape index (κ2) is 5.34. The normalized spacial score (nSPS) is 11.8. The molecule has 0 saturated heterocycles. The van der Waals surface area contributed by atoms with Crippen LogP contribution in [0.3, 0.4) is 0 Å². The Hall–Kier alpha value is -1.34. The molecule has 2 aromatic rings. The summed E-state index contributed by atoms with van der Waals surface area (Å²) in [4.78, 5) is 4.13. The molecule has 0 bridgehead atoms. The van der Waals surface area contributed by atoms with Crippen molar-refractivity contribution in [2.24, 2.45) is 0 Å². The molecule has 102 valence electrons. The summed E-state index contributed by atoms with van der Waals surface area (Å²) in [5.74, 6) is 0.156. The van der Waals surface area contributed by atoms with Crippen molar-refractivity contribution in [1.29, 1.82) is 0 Å². The smallest absolute Gasteiger partial charge is 0.416 e. The molecule has 0 unspecified atom stereocenters. The fraction of sp³-hybridized carbons (Fsp3) is 0.250. The molecule has 2 rings (SSSR count). The van der Waals surface area contributed by atoms with E-state index in [1.807, 2.05) is 0 Å². The number of alkyl halides is 3. The van der Waals surface area contributed by atoms with Gasteiger partial charge >= 0.3 is 6.18 Å². The number of benzene rings is 1. The summed E-state index contributed by atoms with van der Waals surface area (Å²) in [5, 5.41) is 2.88. The van der Waals surface area contributed by atoms with Crippen LogP contribution in [0.2, 0.25) is 0 Å². The molecule has 1 heterocycles. The van der Waals surface area contributed by atoms with Crippen LogP contribution in [-0.2, 0) is 12.7 Å². The maximum atomic E-state index is 12.7. The molecule has 7 heteroatoms. The molecule has 0 radical (unpaired) electrons. The van der Waals surface area contributed by atoms with Gasteiger partial charge in [-0.15, -0.1) is 0 Å². The summed E-state index contributed by atoms with van der Waals surface area (Å²) >= 11 is 3.20. The lowest BCUT2D eigenvalue weighted by atomic mass is 10.1. The first-order valence-corrected chi connectivity index (χ1v) is 6.17. The fourth-order valence-electron chi connectivity index (χ4n) is 1.56. The molecular weight excluding hydrogens is 325 g/mol. The molecule has 1 N–H and O–H groups in total. The van der Waals surface area contributed by atoms with Gasteiger partial charge in [-0.05, 0) is 41.2 Å². The van der Waals surface area contributed by atoms with Gasteiger partial charge in [0.1, 0.15) is 6.26 Å². The van der Waals surface area contributed by atoms with Crippen LogP contribution < -0.4 is 5.32 Å². The summed E-state index contributed by atoms with van der Waals surface area (Å²) in [6, 6.07) is 3.35. The molecule has 19 heavy (non-hydrogen) atoms. The van der Waals surface area contributed by atoms with Crippen molar-refractivity contribution in [3.63, 3.8) is 0 Å². The highest BCUT2D eigenvalue weighted by Gasteiger charge is 2.31. The monoisotopic (exact) mass is 334 g/mol. The number of hydrogen-bond donors (Lipinski definition) is 1. The average molecular weight is 335 g/mol. The van der Waals surface area contributed by atoms with E-state index >= 15 is 0 Å². The Labute approximate surface area is 116 Å². The minimum atomic E-state index is -4.39. The fourth-order valence-corrected chi connectivity index (χ4v) is 1.97. The predicted molar refractivity (Wildman–Crippen MR) is 67.4 cm³/mol. The Morgan fingerprint density at radius 2 is 2.11 bits per heavy atom. The summed E-state index contributed by atoms with van der Waals surface area (Å²) in [5.41, 5.74) is 0.165. The van der Waals surface area contributed by atoms with Crippen molar-refractivity contribution in [2.45, 2.75) is 12.7 Å². The molecule has 1 aromatic heterocycles. The van der Waals surface area contributed by atoms with E-state index in [9.17, 15) is 13.2 Å². The first-order chi connectivity index (χ1) is 8.91. The Kier molecular flexibility index (Phi) is 3.96. The molecule has 0 amide bonds. The first-order valence-electron chi connectivity index (χ1n) is 5.38. The summed E-state index contributed by atoms with van der Waals surface area (Å²) < 4.78 is 43.7. The molecule has 0 aliphatic heterocycles. The number of rotatable bonds is 3. The van der Waals surface area contributed by atoms with Gasteiger partial charge in [-0.3, -0.25) is 0 Å². The molecule has 0 saturated carbocycles. The lowest BCUT2D eigenvalue weighted by Gasteiger charge is -2.08. The van der Waals surface area contributed by atoms with E-state index in [2.05, 4.69) is 26.2 Å². The summed E-state index contributed by atoms with van der Waals surface area (Å²) in [6.45, 7) is 0.486. The van der Waals surface area contributed by atoms with Crippen LogP contribution >= 0.6 is 15.9 Å². The summed E-state index contributed by atoms with van der Waals surface area (Å²) in [6.07, 6.45) is -2.98. The van der Waals surface area contributed by atoms with E-state index in [0.29, 0.717) is 16.7 Å². The Morgan fingerprint density at radius 1 is 1.37 bits per heavy atom. The third-order valence-electron chi connectivity index (χ3n) is 2.43. The van der Waals surface area contributed by atoms with E-state index in [1.54, 1.807) is 7.05 Å². The van der Waals surface area contributed by atoms with Crippen LogP contribution in [0.25, 0.3) is 11.5 Å². The maximum absolute atomic E-state index is 12.7.